The van der Waals surface area contributed by atoms with Crippen LogP contribution in [0.15, 0.2) is 42.6 Å². The SMILES string of the molecule is CN(C(=O)c1cccc(Cl)c1)c1ncccc1N. The smallest absolute Gasteiger partial charge is 0.259 e. The molecule has 0 saturated carbocycles. The maximum atomic E-state index is 12.2. The van der Waals surface area contributed by atoms with Crippen LogP contribution in [0.2, 0.25) is 5.02 Å². The Bertz CT molecular complexity index is 586. The number of carbonyl (C=O) groups excluding carboxylic acids is 1. The molecule has 1 amide bonds. The number of nitrogen functional groups attached to an aromatic ring is 1. The fraction of sp³-hybridized carbons (Fsp3) is 0.0769. The number of halogens is 1. The molecule has 2 aromatic rings. The number of carbonyl (C=O) groups is 1. The van der Waals surface area contributed by atoms with Crippen molar-refractivity contribution in [2.45, 2.75) is 0 Å². The third-order valence-electron chi connectivity index (χ3n) is 2.51. The Kier molecular flexibility index (Phi) is 3.48. The number of benzene rings is 1. The normalized spacial score (nSPS) is 10.1. The average Bonchev–Trinajstić information content (AvgIpc) is 2.37. The van der Waals surface area contributed by atoms with Crippen molar-refractivity contribution < 1.29 is 4.79 Å². The van der Waals surface area contributed by atoms with Crippen molar-refractivity contribution in [2.75, 3.05) is 17.7 Å². The molecule has 0 spiro atoms. The van der Waals surface area contributed by atoms with E-state index >= 15 is 0 Å². The minimum Gasteiger partial charge on any atom is -0.396 e. The van der Waals surface area contributed by atoms with Crippen LogP contribution >= 0.6 is 11.6 Å². The maximum Gasteiger partial charge on any atom is 0.259 e. The minimum absolute atomic E-state index is 0.206. The number of aromatic nitrogens is 1. The summed E-state index contributed by atoms with van der Waals surface area (Å²) in [6.07, 6.45) is 1.59. The van der Waals surface area contributed by atoms with Crippen molar-refractivity contribution in [3.05, 3.63) is 53.2 Å². The van der Waals surface area contributed by atoms with E-state index in [1.54, 1.807) is 49.6 Å². The minimum atomic E-state index is -0.206. The highest BCUT2D eigenvalue weighted by Gasteiger charge is 2.16. The van der Waals surface area contributed by atoms with Crippen molar-refractivity contribution in [2.24, 2.45) is 0 Å². The zero-order chi connectivity index (χ0) is 13.1. The molecular weight excluding hydrogens is 250 g/mol. The first kappa shape index (κ1) is 12.4. The molecule has 92 valence electrons. The van der Waals surface area contributed by atoms with Gasteiger partial charge in [0.25, 0.3) is 5.91 Å². The molecule has 18 heavy (non-hydrogen) atoms. The number of rotatable bonds is 2. The molecule has 0 saturated heterocycles. The van der Waals surface area contributed by atoms with E-state index < -0.39 is 0 Å². The highest BCUT2D eigenvalue weighted by Crippen LogP contribution is 2.20. The molecule has 1 heterocycles. The second kappa shape index (κ2) is 5.06. The van der Waals surface area contributed by atoms with E-state index in [4.69, 9.17) is 17.3 Å². The molecule has 2 N–H and O–H groups in total. The first-order chi connectivity index (χ1) is 8.59. The number of nitrogens with two attached hydrogens (primary N) is 1. The van der Waals surface area contributed by atoms with Crippen molar-refractivity contribution in [1.29, 1.82) is 0 Å². The van der Waals surface area contributed by atoms with Crippen LogP contribution in [0.5, 0.6) is 0 Å². The van der Waals surface area contributed by atoms with E-state index in [0.717, 1.165) is 0 Å². The number of pyridine rings is 1. The van der Waals surface area contributed by atoms with E-state index in [1.165, 1.54) is 4.90 Å². The van der Waals surface area contributed by atoms with Gasteiger partial charge in [-0.05, 0) is 30.3 Å². The predicted molar refractivity (Wildman–Crippen MR) is 72.8 cm³/mol. The van der Waals surface area contributed by atoms with Gasteiger partial charge in [0.05, 0.1) is 5.69 Å². The Morgan fingerprint density at radius 2 is 2.11 bits per heavy atom. The number of hydrogen-bond acceptors (Lipinski definition) is 3. The third-order valence-corrected chi connectivity index (χ3v) is 2.75. The van der Waals surface area contributed by atoms with E-state index in [2.05, 4.69) is 4.98 Å². The van der Waals surface area contributed by atoms with Gasteiger partial charge in [-0.1, -0.05) is 17.7 Å². The van der Waals surface area contributed by atoms with Crippen LogP contribution in [-0.4, -0.2) is 17.9 Å². The number of anilines is 2. The molecule has 0 fully saturated rings. The molecule has 4 nitrogen and oxygen atoms in total. The van der Waals surface area contributed by atoms with Gasteiger partial charge in [-0.2, -0.15) is 0 Å². The summed E-state index contributed by atoms with van der Waals surface area (Å²) < 4.78 is 0. The standard InChI is InChI=1S/C13H12ClN3O/c1-17(12-11(15)6-3-7-16-12)13(18)9-4-2-5-10(14)8-9/h2-8H,15H2,1H3. The summed E-state index contributed by atoms with van der Waals surface area (Å²) in [6, 6.07) is 10.2. The van der Waals surface area contributed by atoms with Gasteiger partial charge in [0, 0.05) is 23.8 Å². The summed E-state index contributed by atoms with van der Waals surface area (Å²) in [6.45, 7) is 0. The van der Waals surface area contributed by atoms with Crippen molar-refractivity contribution in [1.82, 2.24) is 4.98 Å². The van der Waals surface area contributed by atoms with Gasteiger partial charge >= 0.3 is 0 Å². The average molecular weight is 262 g/mol. The molecule has 1 aromatic carbocycles. The summed E-state index contributed by atoms with van der Waals surface area (Å²) in [5.74, 6) is 0.227. The van der Waals surface area contributed by atoms with Crippen LogP contribution in [-0.2, 0) is 0 Å². The lowest BCUT2D eigenvalue weighted by Gasteiger charge is -2.17. The zero-order valence-electron chi connectivity index (χ0n) is 9.80. The quantitative estimate of drug-likeness (QED) is 0.904. The largest absolute Gasteiger partial charge is 0.396 e. The lowest BCUT2D eigenvalue weighted by atomic mass is 10.2. The number of amides is 1. The summed E-state index contributed by atoms with van der Waals surface area (Å²) in [4.78, 5) is 17.7. The van der Waals surface area contributed by atoms with Crippen molar-refractivity contribution in [3.63, 3.8) is 0 Å². The molecule has 2 rings (SSSR count). The van der Waals surface area contributed by atoms with E-state index in [-0.39, 0.29) is 5.91 Å². The molecule has 0 atom stereocenters. The van der Waals surface area contributed by atoms with Gasteiger partial charge in [-0.15, -0.1) is 0 Å². The monoisotopic (exact) mass is 261 g/mol. The van der Waals surface area contributed by atoms with E-state index in [1.807, 2.05) is 0 Å². The fourth-order valence-corrected chi connectivity index (χ4v) is 1.79. The van der Waals surface area contributed by atoms with Gasteiger partial charge in [0.15, 0.2) is 5.82 Å². The van der Waals surface area contributed by atoms with Gasteiger partial charge in [-0.3, -0.25) is 9.69 Å². The van der Waals surface area contributed by atoms with E-state index in [0.29, 0.717) is 22.1 Å². The van der Waals surface area contributed by atoms with Crippen LogP contribution < -0.4 is 10.6 Å². The number of hydrogen-bond donors (Lipinski definition) is 1. The third kappa shape index (κ3) is 2.43. The van der Waals surface area contributed by atoms with Gasteiger partial charge in [0.2, 0.25) is 0 Å². The highest BCUT2D eigenvalue weighted by atomic mass is 35.5. The highest BCUT2D eigenvalue weighted by molar-refractivity contribution is 6.31. The predicted octanol–water partition coefficient (Wildman–Crippen LogP) is 2.59. The van der Waals surface area contributed by atoms with Crippen LogP contribution in [0.25, 0.3) is 0 Å². The molecule has 5 heteroatoms. The molecule has 0 aliphatic heterocycles. The summed E-state index contributed by atoms with van der Waals surface area (Å²) in [7, 11) is 1.63. The Labute approximate surface area is 110 Å². The topological polar surface area (TPSA) is 59.2 Å². The van der Waals surface area contributed by atoms with Crippen LogP contribution in [0.1, 0.15) is 10.4 Å². The lowest BCUT2D eigenvalue weighted by molar-refractivity contribution is 0.0992. The second-order valence-electron chi connectivity index (χ2n) is 3.79. The second-order valence-corrected chi connectivity index (χ2v) is 4.23. The van der Waals surface area contributed by atoms with Crippen LogP contribution in [0.3, 0.4) is 0 Å². The van der Waals surface area contributed by atoms with Gasteiger partial charge in [0.1, 0.15) is 0 Å². The Morgan fingerprint density at radius 1 is 1.33 bits per heavy atom. The molecule has 1 aromatic heterocycles. The molecule has 0 aliphatic carbocycles. The van der Waals surface area contributed by atoms with Crippen molar-refractivity contribution in [3.8, 4) is 0 Å². The first-order valence-electron chi connectivity index (χ1n) is 5.33. The van der Waals surface area contributed by atoms with Crippen molar-refractivity contribution >= 4 is 29.0 Å². The van der Waals surface area contributed by atoms with Gasteiger partial charge in [-0.25, -0.2) is 4.98 Å². The lowest BCUT2D eigenvalue weighted by Crippen LogP contribution is -2.27. The zero-order valence-corrected chi connectivity index (χ0v) is 10.6. The number of nitrogens with zero attached hydrogens (tertiary/aromatic N) is 2. The fourth-order valence-electron chi connectivity index (χ4n) is 1.60. The van der Waals surface area contributed by atoms with Crippen LogP contribution in [0, 0.1) is 0 Å². The molecule has 0 aliphatic rings. The first-order valence-corrected chi connectivity index (χ1v) is 5.71. The maximum absolute atomic E-state index is 12.2. The summed E-state index contributed by atoms with van der Waals surface area (Å²) in [5, 5.41) is 0.517. The molecule has 0 bridgehead atoms. The molecular formula is C13H12ClN3O. The summed E-state index contributed by atoms with van der Waals surface area (Å²) in [5.41, 5.74) is 6.73. The molecule has 0 radical (unpaired) electrons. The van der Waals surface area contributed by atoms with Gasteiger partial charge < -0.3 is 5.73 Å². The Hall–Kier alpha value is -2.07. The summed E-state index contributed by atoms with van der Waals surface area (Å²) >= 11 is 5.86. The Morgan fingerprint density at radius 3 is 2.78 bits per heavy atom. The van der Waals surface area contributed by atoms with Crippen LogP contribution in [0.4, 0.5) is 11.5 Å². The Balaban J connectivity index is 2.32. The molecule has 0 unspecified atom stereocenters. The van der Waals surface area contributed by atoms with E-state index in [9.17, 15) is 4.79 Å².